The lowest BCUT2D eigenvalue weighted by molar-refractivity contribution is -0.132. The molecule has 22 heavy (non-hydrogen) atoms. The lowest BCUT2D eigenvalue weighted by Gasteiger charge is -2.20. The van der Waals surface area contributed by atoms with Crippen molar-refractivity contribution in [3.8, 4) is 11.5 Å². The summed E-state index contributed by atoms with van der Waals surface area (Å²) in [6.45, 7) is -0.155. The lowest BCUT2D eigenvalue weighted by Crippen LogP contribution is -2.46. The third-order valence-corrected chi connectivity index (χ3v) is 3.73. The number of hydrogen-bond donors (Lipinski definition) is 2. The average molecular weight is 306 g/mol. The first kappa shape index (κ1) is 16.1. The minimum Gasteiger partial charge on any atom is -0.497 e. The fraction of sp³-hybridized carbons (Fsp3) is 0.500. The molecule has 2 amide bonds. The van der Waals surface area contributed by atoms with Crippen LogP contribution in [0.2, 0.25) is 0 Å². The van der Waals surface area contributed by atoms with E-state index >= 15 is 0 Å². The maximum Gasteiger partial charge on any atom is 0.276 e. The Bertz CT molecular complexity index is 495. The smallest absolute Gasteiger partial charge is 0.276 e. The molecular formula is C16H22N2O4. The fourth-order valence-electron chi connectivity index (χ4n) is 2.46. The van der Waals surface area contributed by atoms with Gasteiger partial charge in [-0.15, -0.1) is 0 Å². The summed E-state index contributed by atoms with van der Waals surface area (Å²) in [7, 11) is 1.58. The molecule has 0 aromatic heterocycles. The van der Waals surface area contributed by atoms with Crippen LogP contribution >= 0.6 is 0 Å². The van der Waals surface area contributed by atoms with Gasteiger partial charge in [0.2, 0.25) is 5.91 Å². The van der Waals surface area contributed by atoms with Crippen molar-refractivity contribution in [1.29, 1.82) is 0 Å². The highest BCUT2D eigenvalue weighted by Gasteiger charge is 2.21. The first-order chi connectivity index (χ1) is 10.7. The van der Waals surface area contributed by atoms with Gasteiger partial charge in [0.15, 0.2) is 6.61 Å². The first-order valence-corrected chi connectivity index (χ1v) is 7.54. The highest BCUT2D eigenvalue weighted by atomic mass is 16.5. The van der Waals surface area contributed by atoms with Crippen LogP contribution in [0.5, 0.6) is 11.5 Å². The largest absolute Gasteiger partial charge is 0.497 e. The molecule has 0 unspecified atom stereocenters. The van der Waals surface area contributed by atoms with Crippen molar-refractivity contribution in [3.63, 3.8) is 0 Å². The number of carbonyl (C=O) groups excluding carboxylic acids is 2. The van der Waals surface area contributed by atoms with Crippen LogP contribution in [0.1, 0.15) is 32.1 Å². The molecule has 1 aromatic rings. The Morgan fingerprint density at radius 1 is 1.05 bits per heavy atom. The van der Waals surface area contributed by atoms with E-state index in [0.717, 1.165) is 31.4 Å². The number of nitrogens with one attached hydrogen (secondary N) is 2. The summed E-state index contributed by atoms with van der Waals surface area (Å²) in [5.41, 5.74) is 4.85. The molecule has 120 valence electrons. The van der Waals surface area contributed by atoms with Crippen LogP contribution in [0, 0.1) is 5.92 Å². The third-order valence-electron chi connectivity index (χ3n) is 3.73. The van der Waals surface area contributed by atoms with E-state index in [9.17, 15) is 9.59 Å². The minimum atomic E-state index is -0.389. The van der Waals surface area contributed by atoms with Crippen LogP contribution in [0.15, 0.2) is 24.3 Å². The molecular weight excluding hydrogens is 284 g/mol. The Morgan fingerprint density at radius 2 is 1.68 bits per heavy atom. The van der Waals surface area contributed by atoms with E-state index < -0.39 is 0 Å². The fourth-order valence-corrected chi connectivity index (χ4v) is 2.46. The highest BCUT2D eigenvalue weighted by Crippen LogP contribution is 2.23. The summed E-state index contributed by atoms with van der Waals surface area (Å²) in [4.78, 5) is 23.5. The van der Waals surface area contributed by atoms with Gasteiger partial charge in [0, 0.05) is 5.92 Å². The number of methoxy groups -OCH3 is 1. The number of hydrazine groups is 1. The number of hydrogen-bond acceptors (Lipinski definition) is 4. The summed E-state index contributed by atoms with van der Waals surface area (Å²) in [6, 6.07) is 6.93. The molecule has 1 aliphatic carbocycles. The molecule has 0 atom stereocenters. The van der Waals surface area contributed by atoms with Gasteiger partial charge in [0.1, 0.15) is 11.5 Å². The topological polar surface area (TPSA) is 76.7 Å². The summed E-state index contributed by atoms with van der Waals surface area (Å²) in [5.74, 6) is 0.792. The Kier molecular flexibility index (Phi) is 6.06. The molecule has 1 saturated carbocycles. The van der Waals surface area contributed by atoms with Crippen LogP contribution in [-0.2, 0) is 9.59 Å². The van der Waals surface area contributed by atoms with E-state index in [1.54, 1.807) is 31.4 Å². The summed E-state index contributed by atoms with van der Waals surface area (Å²) < 4.78 is 10.4. The molecule has 1 aliphatic rings. The highest BCUT2D eigenvalue weighted by molar-refractivity contribution is 5.84. The molecule has 0 aliphatic heterocycles. The molecule has 0 spiro atoms. The van der Waals surface area contributed by atoms with Crippen molar-refractivity contribution in [2.45, 2.75) is 32.1 Å². The van der Waals surface area contributed by atoms with Gasteiger partial charge in [0.25, 0.3) is 5.91 Å². The molecule has 0 saturated heterocycles. The van der Waals surface area contributed by atoms with Gasteiger partial charge in [-0.1, -0.05) is 19.3 Å². The SMILES string of the molecule is COc1ccc(OCC(=O)NNC(=O)C2CCCCC2)cc1. The van der Waals surface area contributed by atoms with E-state index in [1.165, 1.54) is 6.42 Å². The Balaban J connectivity index is 1.67. The van der Waals surface area contributed by atoms with Crippen LogP contribution in [0.4, 0.5) is 0 Å². The average Bonchev–Trinajstić information content (AvgIpc) is 2.59. The van der Waals surface area contributed by atoms with Crippen molar-refractivity contribution >= 4 is 11.8 Å². The van der Waals surface area contributed by atoms with Gasteiger partial charge < -0.3 is 9.47 Å². The second kappa shape index (κ2) is 8.26. The molecule has 0 bridgehead atoms. The maximum atomic E-state index is 11.9. The lowest BCUT2D eigenvalue weighted by atomic mass is 9.89. The zero-order chi connectivity index (χ0) is 15.8. The zero-order valence-electron chi connectivity index (χ0n) is 12.8. The second-order valence-electron chi connectivity index (χ2n) is 5.34. The molecule has 6 heteroatoms. The molecule has 6 nitrogen and oxygen atoms in total. The van der Waals surface area contributed by atoms with Crippen molar-refractivity contribution in [3.05, 3.63) is 24.3 Å². The van der Waals surface area contributed by atoms with Crippen molar-refractivity contribution in [2.75, 3.05) is 13.7 Å². The number of benzene rings is 1. The van der Waals surface area contributed by atoms with Gasteiger partial charge in [-0.3, -0.25) is 20.4 Å². The second-order valence-corrected chi connectivity index (χ2v) is 5.34. The maximum absolute atomic E-state index is 11.9. The molecule has 1 fully saturated rings. The predicted octanol–water partition coefficient (Wildman–Crippen LogP) is 1.80. The summed E-state index contributed by atoms with van der Waals surface area (Å²) in [6.07, 6.45) is 5.12. The predicted molar refractivity (Wildman–Crippen MR) is 81.3 cm³/mol. The van der Waals surface area contributed by atoms with Gasteiger partial charge in [-0.25, -0.2) is 0 Å². The normalized spacial score (nSPS) is 15.0. The Morgan fingerprint density at radius 3 is 2.32 bits per heavy atom. The van der Waals surface area contributed by atoms with E-state index in [1.807, 2.05) is 0 Å². The van der Waals surface area contributed by atoms with Gasteiger partial charge in [0.05, 0.1) is 7.11 Å². The monoisotopic (exact) mass is 306 g/mol. The molecule has 0 radical (unpaired) electrons. The third kappa shape index (κ3) is 4.95. The zero-order valence-corrected chi connectivity index (χ0v) is 12.8. The number of carbonyl (C=O) groups is 2. The Labute approximate surface area is 130 Å². The molecule has 0 heterocycles. The van der Waals surface area contributed by atoms with Crippen LogP contribution < -0.4 is 20.3 Å². The van der Waals surface area contributed by atoms with Gasteiger partial charge >= 0.3 is 0 Å². The number of ether oxygens (including phenoxy) is 2. The number of amides is 2. The van der Waals surface area contributed by atoms with Crippen LogP contribution in [-0.4, -0.2) is 25.5 Å². The summed E-state index contributed by atoms with van der Waals surface area (Å²) >= 11 is 0. The van der Waals surface area contributed by atoms with Crippen LogP contribution in [0.25, 0.3) is 0 Å². The van der Waals surface area contributed by atoms with Crippen LogP contribution in [0.3, 0.4) is 0 Å². The Hall–Kier alpha value is -2.24. The molecule has 1 aromatic carbocycles. The van der Waals surface area contributed by atoms with Gasteiger partial charge in [-0.05, 0) is 37.1 Å². The van der Waals surface area contributed by atoms with Crippen molar-refractivity contribution < 1.29 is 19.1 Å². The van der Waals surface area contributed by atoms with E-state index in [0.29, 0.717) is 5.75 Å². The number of rotatable bonds is 5. The van der Waals surface area contributed by atoms with Gasteiger partial charge in [-0.2, -0.15) is 0 Å². The van der Waals surface area contributed by atoms with E-state index in [4.69, 9.17) is 9.47 Å². The van der Waals surface area contributed by atoms with E-state index in [-0.39, 0.29) is 24.3 Å². The summed E-state index contributed by atoms with van der Waals surface area (Å²) in [5, 5.41) is 0. The first-order valence-electron chi connectivity index (χ1n) is 7.54. The quantitative estimate of drug-likeness (QED) is 0.813. The molecule has 2 N–H and O–H groups in total. The molecule has 2 rings (SSSR count). The standard InChI is InChI=1S/C16H22N2O4/c1-21-13-7-9-14(10-8-13)22-11-15(19)17-18-16(20)12-5-3-2-4-6-12/h7-10,12H,2-6,11H2,1H3,(H,17,19)(H,18,20). The minimum absolute atomic E-state index is 0.0107. The van der Waals surface area contributed by atoms with Crippen molar-refractivity contribution in [2.24, 2.45) is 5.92 Å². The van der Waals surface area contributed by atoms with E-state index in [2.05, 4.69) is 10.9 Å². The van der Waals surface area contributed by atoms with Crippen molar-refractivity contribution in [1.82, 2.24) is 10.9 Å².